The number of carbonyl (C=O) groups excluding carboxylic acids is 1. The molecule has 0 unspecified atom stereocenters. The van der Waals surface area contributed by atoms with E-state index in [9.17, 15) is 4.79 Å². The summed E-state index contributed by atoms with van der Waals surface area (Å²) in [6.45, 7) is 5.62. The number of thiazole rings is 1. The SMILES string of the molecule is CC(=O)N(c1ccc(C)cc1)c1nc(Cc2ccncc2C)c(Br)s1. The molecule has 0 saturated heterocycles. The summed E-state index contributed by atoms with van der Waals surface area (Å²) in [7, 11) is 0. The fourth-order valence-electron chi connectivity index (χ4n) is 2.53. The van der Waals surface area contributed by atoms with E-state index in [-0.39, 0.29) is 5.91 Å². The highest BCUT2D eigenvalue weighted by Crippen LogP contribution is 2.36. The number of benzene rings is 1. The van der Waals surface area contributed by atoms with Gasteiger partial charge in [-0.2, -0.15) is 0 Å². The molecule has 3 rings (SSSR count). The molecular formula is C19H18BrN3OS. The van der Waals surface area contributed by atoms with Gasteiger partial charge in [-0.15, -0.1) is 0 Å². The molecule has 0 fully saturated rings. The minimum Gasteiger partial charge on any atom is -0.274 e. The van der Waals surface area contributed by atoms with Crippen molar-refractivity contribution in [2.24, 2.45) is 0 Å². The molecule has 128 valence electrons. The molecule has 3 aromatic rings. The van der Waals surface area contributed by atoms with E-state index in [0.717, 1.165) is 26.3 Å². The van der Waals surface area contributed by atoms with Crippen molar-refractivity contribution < 1.29 is 4.79 Å². The number of aromatic nitrogens is 2. The number of halogens is 1. The summed E-state index contributed by atoms with van der Waals surface area (Å²) < 4.78 is 0.942. The van der Waals surface area contributed by atoms with Gasteiger partial charge in [-0.1, -0.05) is 29.0 Å². The van der Waals surface area contributed by atoms with Crippen LogP contribution < -0.4 is 4.90 Å². The van der Waals surface area contributed by atoms with Crippen LogP contribution in [0.2, 0.25) is 0 Å². The van der Waals surface area contributed by atoms with Crippen LogP contribution in [0.4, 0.5) is 10.8 Å². The topological polar surface area (TPSA) is 46.1 Å². The maximum atomic E-state index is 12.2. The first-order chi connectivity index (χ1) is 12.0. The van der Waals surface area contributed by atoms with Crippen LogP contribution in [-0.2, 0) is 11.2 Å². The number of amides is 1. The Morgan fingerprint density at radius 1 is 1.20 bits per heavy atom. The Morgan fingerprint density at radius 3 is 2.56 bits per heavy atom. The summed E-state index contributed by atoms with van der Waals surface area (Å²) in [4.78, 5) is 22.7. The van der Waals surface area contributed by atoms with Gasteiger partial charge in [0, 0.05) is 25.7 Å². The smallest absolute Gasteiger partial charge is 0.230 e. The molecule has 0 radical (unpaired) electrons. The number of hydrogen-bond donors (Lipinski definition) is 0. The number of carbonyl (C=O) groups is 1. The van der Waals surface area contributed by atoms with Gasteiger partial charge in [0.25, 0.3) is 0 Å². The van der Waals surface area contributed by atoms with Crippen molar-refractivity contribution in [3.63, 3.8) is 0 Å². The van der Waals surface area contributed by atoms with E-state index in [1.807, 2.05) is 50.4 Å². The lowest BCUT2D eigenvalue weighted by molar-refractivity contribution is -0.115. The van der Waals surface area contributed by atoms with Crippen molar-refractivity contribution in [1.29, 1.82) is 0 Å². The zero-order valence-electron chi connectivity index (χ0n) is 14.3. The highest BCUT2D eigenvalue weighted by molar-refractivity contribution is 9.11. The molecule has 1 aromatic carbocycles. The van der Waals surface area contributed by atoms with E-state index < -0.39 is 0 Å². The Bertz CT molecular complexity index is 905. The zero-order chi connectivity index (χ0) is 18.0. The number of nitrogens with zero attached hydrogens (tertiary/aromatic N) is 3. The summed E-state index contributed by atoms with van der Waals surface area (Å²) in [6.07, 6.45) is 4.34. The Hall–Kier alpha value is -2.05. The van der Waals surface area contributed by atoms with E-state index in [1.54, 1.807) is 18.0 Å². The van der Waals surface area contributed by atoms with Crippen LogP contribution in [0.25, 0.3) is 0 Å². The Morgan fingerprint density at radius 2 is 1.92 bits per heavy atom. The lowest BCUT2D eigenvalue weighted by atomic mass is 10.1. The van der Waals surface area contributed by atoms with Gasteiger partial charge in [-0.05, 0) is 59.1 Å². The van der Waals surface area contributed by atoms with Crippen LogP contribution in [-0.4, -0.2) is 15.9 Å². The van der Waals surface area contributed by atoms with Crippen LogP contribution in [0.15, 0.2) is 46.5 Å². The first-order valence-electron chi connectivity index (χ1n) is 7.87. The molecule has 25 heavy (non-hydrogen) atoms. The minimum atomic E-state index is -0.0586. The molecule has 1 amide bonds. The van der Waals surface area contributed by atoms with E-state index in [2.05, 4.69) is 20.9 Å². The van der Waals surface area contributed by atoms with Crippen LogP contribution in [0, 0.1) is 13.8 Å². The number of anilines is 2. The average Bonchev–Trinajstić information content (AvgIpc) is 2.92. The summed E-state index contributed by atoms with van der Waals surface area (Å²) >= 11 is 5.07. The molecule has 0 spiro atoms. The van der Waals surface area contributed by atoms with Gasteiger partial charge in [-0.3, -0.25) is 14.7 Å². The molecular weight excluding hydrogens is 398 g/mol. The van der Waals surface area contributed by atoms with Gasteiger partial charge >= 0.3 is 0 Å². The normalized spacial score (nSPS) is 10.7. The highest BCUT2D eigenvalue weighted by atomic mass is 79.9. The number of aryl methyl sites for hydroxylation is 2. The van der Waals surface area contributed by atoms with Gasteiger partial charge in [0.15, 0.2) is 5.13 Å². The summed E-state index contributed by atoms with van der Waals surface area (Å²) in [5.74, 6) is -0.0586. The lowest BCUT2D eigenvalue weighted by Crippen LogP contribution is -2.22. The van der Waals surface area contributed by atoms with Crippen molar-refractivity contribution in [3.8, 4) is 0 Å². The Balaban J connectivity index is 1.95. The zero-order valence-corrected chi connectivity index (χ0v) is 16.7. The van der Waals surface area contributed by atoms with E-state index >= 15 is 0 Å². The van der Waals surface area contributed by atoms with Gasteiger partial charge in [0.2, 0.25) is 5.91 Å². The molecule has 2 aromatic heterocycles. The maximum absolute atomic E-state index is 12.2. The van der Waals surface area contributed by atoms with Crippen molar-refractivity contribution in [1.82, 2.24) is 9.97 Å². The number of pyridine rings is 1. The molecule has 4 nitrogen and oxygen atoms in total. The molecule has 2 heterocycles. The lowest BCUT2D eigenvalue weighted by Gasteiger charge is -2.18. The first-order valence-corrected chi connectivity index (χ1v) is 9.48. The third-order valence-corrected chi connectivity index (χ3v) is 5.75. The molecule has 0 bridgehead atoms. The highest BCUT2D eigenvalue weighted by Gasteiger charge is 2.20. The third kappa shape index (κ3) is 3.96. The van der Waals surface area contributed by atoms with Gasteiger partial charge in [0.05, 0.1) is 15.2 Å². The van der Waals surface area contributed by atoms with Crippen molar-refractivity contribution in [2.45, 2.75) is 27.2 Å². The molecule has 0 saturated carbocycles. The van der Waals surface area contributed by atoms with Gasteiger partial charge < -0.3 is 0 Å². The predicted octanol–water partition coefficient (Wildman–Crippen LogP) is 5.19. The average molecular weight is 416 g/mol. The van der Waals surface area contributed by atoms with Crippen molar-refractivity contribution >= 4 is 44.0 Å². The summed E-state index contributed by atoms with van der Waals surface area (Å²) in [5, 5.41) is 0.671. The number of hydrogen-bond acceptors (Lipinski definition) is 4. The molecule has 6 heteroatoms. The second-order valence-corrected chi connectivity index (χ2v) is 8.18. The predicted molar refractivity (Wildman–Crippen MR) is 106 cm³/mol. The fraction of sp³-hybridized carbons (Fsp3) is 0.211. The van der Waals surface area contributed by atoms with Crippen LogP contribution >= 0.6 is 27.3 Å². The molecule has 0 atom stereocenters. The van der Waals surface area contributed by atoms with Gasteiger partial charge in [0.1, 0.15) is 0 Å². The van der Waals surface area contributed by atoms with Crippen molar-refractivity contribution in [2.75, 3.05) is 4.90 Å². The first kappa shape index (κ1) is 17.8. The quantitative estimate of drug-likeness (QED) is 0.588. The second kappa shape index (κ2) is 7.45. The largest absolute Gasteiger partial charge is 0.274 e. The Labute approximate surface area is 159 Å². The van der Waals surface area contributed by atoms with E-state index in [1.165, 1.54) is 16.9 Å². The van der Waals surface area contributed by atoms with Crippen molar-refractivity contribution in [3.05, 3.63) is 68.9 Å². The van der Waals surface area contributed by atoms with Crippen LogP contribution in [0.1, 0.15) is 29.3 Å². The van der Waals surface area contributed by atoms with Gasteiger partial charge in [-0.25, -0.2) is 4.98 Å². The van der Waals surface area contributed by atoms with Crippen LogP contribution in [0.5, 0.6) is 0 Å². The molecule has 0 aliphatic heterocycles. The third-order valence-electron chi connectivity index (χ3n) is 3.93. The van der Waals surface area contributed by atoms with E-state index in [4.69, 9.17) is 4.98 Å². The number of rotatable bonds is 4. The summed E-state index contributed by atoms with van der Waals surface area (Å²) in [6, 6.07) is 9.88. The summed E-state index contributed by atoms with van der Waals surface area (Å²) in [5.41, 5.74) is 5.21. The second-order valence-electron chi connectivity index (χ2n) is 5.89. The fourth-order valence-corrected chi connectivity index (χ4v) is 4.07. The standard InChI is InChI=1S/C19H18BrN3OS/c1-12-4-6-16(7-5-12)23(14(3)24)19-22-17(18(20)25-19)10-15-8-9-21-11-13(15)2/h4-9,11H,10H2,1-3H3. The van der Waals surface area contributed by atoms with E-state index in [0.29, 0.717) is 11.6 Å². The minimum absolute atomic E-state index is 0.0586. The maximum Gasteiger partial charge on any atom is 0.230 e. The van der Waals surface area contributed by atoms with Crippen LogP contribution in [0.3, 0.4) is 0 Å². The monoisotopic (exact) mass is 415 g/mol. The molecule has 0 aliphatic rings. The molecule has 0 N–H and O–H groups in total. The molecule has 0 aliphatic carbocycles. The Kier molecular flexibility index (Phi) is 5.30.